The van der Waals surface area contributed by atoms with Gasteiger partial charge in [-0.05, 0) is 29.6 Å². The first-order valence-electron chi connectivity index (χ1n) is 5.24. The third-order valence-electron chi connectivity index (χ3n) is 2.46. The van der Waals surface area contributed by atoms with Gasteiger partial charge in [0, 0.05) is 23.5 Å². The van der Waals surface area contributed by atoms with Gasteiger partial charge in [0.15, 0.2) is 0 Å². The summed E-state index contributed by atoms with van der Waals surface area (Å²) < 4.78 is 25.9. The van der Waals surface area contributed by atoms with Crippen molar-refractivity contribution in [3.8, 4) is 0 Å². The maximum Gasteiger partial charge on any atom is 0.243 e. The summed E-state index contributed by atoms with van der Waals surface area (Å²) in [6.45, 7) is 0.368. The Morgan fingerprint density at radius 1 is 1.28 bits per heavy atom. The highest BCUT2D eigenvalue weighted by Gasteiger charge is 2.21. The summed E-state index contributed by atoms with van der Waals surface area (Å²) in [6, 6.07) is 10.1. The number of hydrogen-bond donors (Lipinski definition) is 0. The first-order valence-corrected chi connectivity index (χ1v) is 7.94. The molecule has 0 N–H and O–H groups in total. The van der Waals surface area contributed by atoms with Gasteiger partial charge in [0.25, 0.3) is 0 Å². The molecule has 0 spiro atoms. The maximum atomic E-state index is 12.3. The number of nitrogens with zero attached hydrogens (tertiary/aromatic N) is 1. The van der Waals surface area contributed by atoms with Crippen molar-refractivity contribution >= 4 is 33.0 Å². The molecule has 0 amide bonds. The molecule has 2 rings (SSSR count). The van der Waals surface area contributed by atoms with Crippen LogP contribution in [0.1, 0.15) is 4.88 Å². The SMILES string of the molecule is CN(Cc1cccs1)S(=O)(=O)c1cccc(Cl)c1. The molecule has 2 aromatic rings. The quantitative estimate of drug-likeness (QED) is 0.869. The van der Waals surface area contributed by atoms with Crippen molar-refractivity contribution in [1.29, 1.82) is 0 Å². The fraction of sp³-hybridized carbons (Fsp3) is 0.167. The molecule has 0 fully saturated rings. The van der Waals surface area contributed by atoms with Crippen molar-refractivity contribution in [1.82, 2.24) is 4.31 Å². The first-order chi connectivity index (χ1) is 8.50. The number of halogens is 1. The van der Waals surface area contributed by atoms with Crippen LogP contribution in [-0.4, -0.2) is 19.8 Å². The molecule has 0 radical (unpaired) electrons. The fourth-order valence-electron chi connectivity index (χ4n) is 1.51. The molecule has 18 heavy (non-hydrogen) atoms. The van der Waals surface area contributed by atoms with Crippen LogP contribution in [0, 0.1) is 0 Å². The maximum absolute atomic E-state index is 12.3. The Labute approximate surface area is 116 Å². The van der Waals surface area contributed by atoms with Crippen LogP contribution in [0.15, 0.2) is 46.7 Å². The van der Waals surface area contributed by atoms with Crippen LogP contribution in [0.4, 0.5) is 0 Å². The lowest BCUT2D eigenvalue weighted by atomic mass is 10.4. The molecule has 1 heterocycles. The first kappa shape index (κ1) is 13.5. The van der Waals surface area contributed by atoms with E-state index in [1.807, 2.05) is 17.5 Å². The van der Waals surface area contributed by atoms with E-state index in [1.54, 1.807) is 25.2 Å². The molecule has 0 saturated carbocycles. The molecule has 0 bridgehead atoms. The zero-order valence-corrected chi connectivity index (χ0v) is 12.1. The van der Waals surface area contributed by atoms with E-state index in [0.29, 0.717) is 11.6 Å². The fourth-order valence-corrected chi connectivity index (χ4v) is 3.80. The summed E-state index contributed by atoms with van der Waals surface area (Å²) in [5.41, 5.74) is 0. The van der Waals surface area contributed by atoms with Gasteiger partial charge in [-0.25, -0.2) is 8.42 Å². The molecule has 96 valence electrons. The van der Waals surface area contributed by atoms with Gasteiger partial charge in [-0.15, -0.1) is 11.3 Å². The van der Waals surface area contributed by atoms with Crippen molar-refractivity contribution < 1.29 is 8.42 Å². The summed E-state index contributed by atoms with van der Waals surface area (Å²) in [5, 5.41) is 2.34. The van der Waals surface area contributed by atoms with Gasteiger partial charge in [-0.3, -0.25) is 0 Å². The normalized spacial score (nSPS) is 11.9. The Hall–Kier alpha value is -0.880. The molecular formula is C12H12ClNO2S2. The van der Waals surface area contributed by atoms with Crippen molar-refractivity contribution in [2.75, 3.05) is 7.05 Å². The number of hydrogen-bond acceptors (Lipinski definition) is 3. The van der Waals surface area contributed by atoms with E-state index in [2.05, 4.69) is 0 Å². The molecule has 1 aromatic carbocycles. The van der Waals surface area contributed by atoms with Gasteiger partial charge in [0.05, 0.1) is 4.90 Å². The molecule has 3 nitrogen and oxygen atoms in total. The second kappa shape index (κ2) is 5.40. The molecule has 6 heteroatoms. The van der Waals surface area contributed by atoms with Gasteiger partial charge < -0.3 is 0 Å². The zero-order valence-electron chi connectivity index (χ0n) is 9.71. The zero-order chi connectivity index (χ0) is 13.2. The summed E-state index contributed by atoms with van der Waals surface area (Å²) >= 11 is 7.35. The molecule has 0 aliphatic carbocycles. The van der Waals surface area contributed by atoms with Gasteiger partial charge in [-0.1, -0.05) is 23.7 Å². The van der Waals surface area contributed by atoms with Crippen LogP contribution < -0.4 is 0 Å². The molecule has 0 atom stereocenters. The summed E-state index contributed by atoms with van der Waals surface area (Å²) in [7, 11) is -1.92. The van der Waals surface area contributed by atoms with Crippen molar-refractivity contribution in [3.63, 3.8) is 0 Å². The lowest BCUT2D eigenvalue weighted by Gasteiger charge is -2.16. The van der Waals surface area contributed by atoms with Gasteiger partial charge in [0.1, 0.15) is 0 Å². The highest BCUT2D eigenvalue weighted by molar-refractivity contribution is 7.89. The number of sulfonamides is 1. The Bertz CT molecular complexity index is 623. The third-order valence-corrected chi connectivity index (χ3v) is 5.36. The third kappa shape index (κ3) is 2.92. The predicted molar refractivity (Wildman–Crippen MR) is 74.4 cm³/mol. The Morgan fingerprint density at radius 3 is 2.67 bits per heavy atom. The van der Waals surface area contributed by atoms with E-state index in [4.69, 9.17) is 11.6 Å². The Morgan fingerprint density at radius 2 is 2.06 bits per heavy atom. The lowest BCUT2D eigenvalue weighted by molar-refractivity contribution is 0.469. The summed E-state index contributed by atoms with van der Waals surface area (Å²) in [6.07, 6.45) is 0. The van der Waals surface area contributed by atoms with Crippen LogP contribution >= 0.6 is 22.9 Å². The minimum atomic E-state index is -3.48. The van der Waals surface area contributed by atoms with Crippen molar-refractivity contribution in [2.45, 2.75) is 11.4 Å². The van der Waals surface area contributed by atoms with E-state index in [1.165, 1.54) is 21.7 Å². The molecule has 0 unspecified atom stereocenters. The minimum absolute atomic E-state index is 0.217. The Kier molecular flexibility index (Phi) is 4.07. The van der Waals surface area contributed by atoms with Crippen molar-refractivity contribution in [2.24, 2.45) is 0 Å². The van der Waals surface area contributed by atoms with Crippen LogP contribution in [0.5, 0.6) is 0 Å². The highest BCUT2D eigenvalue weighted by Crippen LogP contribution is 2.21. The topological polar surface area (TPSA) is 37.4 Å². The van der Waals surface area contributed by atoms with E-state index >= 15 is 0 Å². The average Bonchev–Trinajstić information content (AvgIpc) is 2.81. The number of benzene rings is 1. The summed E-state index contributed by atoms with van der Waals surface area (Å²) in [5.74, 6) is 0. The monoisotopic (exact) mass is 301 g/mol. The Balaban J connectivity index is 2.25. The van der Waals surface area contributed by atoms with Crippen LogP contribution in [-0.2, 0) is 16.6 Å². The van der Waals surface area contributed by atoms with Gasteiger partial charge >= 0.3 is 0 Å². The largest absolute Gasteiger partial charge is 0.243 e. The van der Waals surface area contributed by atoms with E-state index in [0.717, 1.165) is 4.88 Å². The molecule has 0 saturated heterocycles. The van der Waals surface area contributed by atoms with Crippen LogP contribution in [0.3, 0.4) is 0 Å². The predicted octanol–water partition coefficient (Wildman–Crippen LogP) is 3.22. The standard InChI is InChI=1S/C12H12ClNO2S2/c1-14(9-11-5-3-7-17-11)18(15,16)12-6-2-4-10(13)8-12/h2-8H,9H2,1H3. The highest BCUT2D eigenvalue weighted by atomic mass is 35.5. The smallest absolute Gasteiger partial charge is 0.207 e. The molecule has 1 aromatic heterocycles. The molecular weight excluding hydrogens is 290 g/mol. The molecule has 0 aliphatic rings. The van der Waals surface area contributed by atoms with E-state index < -0.39 is 10.0 Å². The van der Waals surface area contributed by atoms with Gasteiger partial charge in [0.2, 0.25) is 10.0 Å². The second-order valence-corrected chi connectivity index (χ2v) is 7.31. The minimum Gasteiger partial charge on any atom is -0.207 e. The molecule has 0 aliphatic heterocycles. The number of thiophene rings is 1. The second-order valence-electron chi connectivity index (χ2n) is 3.80. The van der Waals surface area contributed by atoms with Gasteiger partial charge in [-0.2, -0.15) is 4.31 Å². The lowest BCUT2D eigenvalue weighted by Crippen LogP contribution is -2.26. The summed E-state index contributed by atoms with van der Waals surface area (Å²) in [4.78, 5) is 1.22. The average molecular weight is 302 g/mol. The van der Waals surface area contributed by atoms with E-state index in [9.17, 15) is 8.42 Å². The van der Waals surface area contributed by atoms with Crippen molar-refractivity contribution in [3.05, 3.63) is 51.7 Å². The van der Waals surface area contributed by atoms with Crippen LogP contribution in [0.25, 0.3) is 0 Å². The van der Waals surface area contributed by atoms with Crippen LogP contribution in [0.2, 0.25) is 5.02 Å². The number of rotatable bonds is 4. The van der Waals surface area contributed by atoms with E-state index in [-0.39, 0.29) is 4.90 Å².